The SMILES string of the molecule is Cc1ccc(F)cc1NC(=O)CN(C)Cc1ccsc1. The van der Waals surface area contributed by atoms with Crippen LogP contribution in [0.25, 0.3) is 0 Å². The van der Waals surface area contributed by atoms with Crippen molar-refractivity contribution in [3.63, 3.8) is 0 Å². The molecule has 20 heavy (non-hydrogen) atoms. The molecule has 2 rings (SSSR count). The molecule has 0 spiro atoms. The first-order chi connectivity index (χ1) is 9.54. The Morgan fingerprint density at radius 2 is 2.20 bits per heavy atom. The van der Waals surface area contributed by atoms with E-state index in [2.05, 4.69) is 10.7 Å². The lowest BCUT2D eigenvalue weighted by atomic mass is 10.2. The summed E-state index contributed by atoms with van der Waals surface area (Å²) in [7, 11) is 1.88. The third-order valence-corrected chi connectivity index (χ3v) is 3.65. The Hall–Kier alpha value is -1.72. The monoisotopic (exact) mass is 292 g/mol. The average Bonchev–Trinajstić information content (AvgIpc) is 2.86. The molecule has 106 valence electrons. The minimum atomic E-state index is -0.350. The quantitative estimate of drug-likeness (QED) is 0.917. The van der Waals surface area contributed by atoms with Crippen molar-refractivity contribution in [1.29, 1.82) is 0 Å². The summed E-state index contributed by atoms with van der Waals surface area (Å²) in [4.78, 5) is 13.9. The van der Waals surface area contributed by atoms with Crippen LogP contribution in [-0.4, -0.2) is 24.4 Å². The minimum Gasteiger partial charge on any atom is -0.325 e. The molecule has 0 unspecified atom stereocenters. The van der Waals surface area contributed by atoms with E-state index in [0.29, 0.717) is 5.69 Å². The van der Waals surface area contributed by atoms with Crippen LogP contribution in [0.15, 0.2) is 35.0 Å². The van der Waals surface area contributed by atoms with Gasteiger partial charge >= 0.3 is 0 Å². The third-order valence-electron chi connectivity index (χ3n) is 2.92. The van der Waals surface area contributed by atoms with Gasteiger partial charge in [-0.3, -0.25) is 9.69 Å². The van der Waals surface area contributed by atoms with Crippen molar-refractivity contribution < 1.29 is 9.18 Å². The molecular weight excluding hydrogens is 275 g/mol. The maximum Gasteiger partial charge on any atom is 0.238 e. The maximum atomic E-state index is 13.2. The summed E-state index contributed by atoms with van der Waals surface area (Å²) in [5, 5.41) is 6.82. The molecule has 0 aliphatic rings. The molecule has 0 aliphatic carbocycles. The molecule has 0 saturated carbocycles. The number of benzene rings is 1. The molecule has 2 aromatic rings. The van der Waals surface area contributed by atoms with E-state index < -0.39 is 0 Å². The van der Waals surface area contributed by atoms with Crippen LogP contribution in [0, 0.1) is 12.7 Å². The first kappa shape index (κ1) is 14.7. The van der Waals surface area contributed by atoms with Gasteiger partial charge in [0.2, 0.25) is 5.91 Å². The highest BCUT2D eigenvalue weighted by atomic mass is 32.1. The molecule has 0 atom stereocenters. The Morgan fingerprint density at radius 1 is 1.40 bits per heavy atom. The topological polar surface area (TPSA) is 32.3 Å². The van der Waals surface area contributed by atoms with Gasteiger partial charge in [0.15, 0.2) is 0 Å². The van der Waals surface area contributed by atoms with E-state index in [0.717, 1.165) is 12.1 Å². The molecule has 1 aromatic heterocycles. The lowest BCUT2D eigenvalue weighted by Crippen LogP contribution is -2.29. The second-order valence-electron chi connectivity index (χ2n) is 4.81. The third kappa shape index (κ3) is 4.15. The van der Waals surface area contributed by atoms with Crippen LogP contribution in [0.4, 0.5) is 10.1 Å². The maximum absolute atomic E-state index is 13.2. The van der Waals surface area contributed by atoms with E-state index >= 15 is 0 Å². The van der Waals surface area contributed by atoms with Gasteiger partial charge < -0.3 is 5.32 Å². The Kier molecular flexibility index (Phi) is 4.87. The standard InChI is InChI=1S/C15H17FN2OS/c1-11-3-4-13(16)7-14(11)17-15(19)9-18(2)8-12-5-6-20-10-12/h3-7,10H,8-9H2,1-2H3,(H,17,19). The number of amides is 1. The zero-order valence-corrected chi connectivity index (χ0v) is 12.3. The average molecular weight is 292 g/mol. The number of rotatable bonds is 5. The molecule has 0 aliphatic heterocycles. The van der Waals surface area contributed by atoms with Gasteiger partial charge in [-0.1, -0.05) is 6.07 Å². The number of nitrogens with zero attached hydrogens (tertiary/aromatic N) is 1. The number of hydrogen-bond donors (Lipinski definition) is 1. The molecule has 1 N–H and O–H groups in total. The van der Waals surface area contributed by atoms with Crippen LogP contribution in [-0.2, 0) is 11.3 Å². The van der Waals surface area contributed by atoms with E-state index in [1.54, 1.807) is 17.4 Å². The predicted molar refractivity (Wildman–Crippen MR) is 80.4 cm³/mol. The van der Waals surface area contributed by atoms with Gasteiger partial charge in [0, 0.05) is 12.2 Å². The minimum absolute atomic E-state index is 0.142. The summed E-state index contributed by atoms with van der Waals surface area (Å²) in [5.41, 5.74) is 2.56. The number of carbonyl (C=O) groups excluding carboxylic acids is 1. The molecule has 1 heterocycles. The normalized spacial score (nSPS) is 10.8. The highest BCUT2D eigenvalue weighted by molar-refractivity contribution is 7.07. The molecule has 0 saturated heterocycles. The van der Waals surface area contributed by atoms with Gasteiger partial charge in [-0.2, -0.15) is 11.3 Å². The number of thiophene rings is 1. The lowest BCUT2D eigenvalue weighted by Gasteiger charge is -2.16. The Labute approximate surface area is 122 Å². The smallest absolute Gasteiger partial charge is 0.238 e. The fourth-order valence-corrected chi connectivity index (χ4v) is 2.57. The molecule has 0 radical (unpaired) electrons. The van der Waals surface area contributed by atoms with Crippen molar-refractivity contribution in [2.45, 2.75) is 13.5 Å². The van der Waals surface area contributed by atoms with E-state index in [1.165, 1.54) is 17.7 Å². The Bertz CT molecular complexity index is 584. The van der Waals surface area contributed by atoms with Crippen molar-refractivity contribution in [2.24, 2.45) is 0 Å². The number of carbonyl (C=O) groups is 1. The summed E-state index contributed by atoms with van der Waals surface area (Å²) in [6, 6.07) is 6.41. The van der Waals surface area contributed by atoms with Gasteiger partial charge in [0.05, 0.1) is 6.54 Å². The van der Waals surface area contributed by atoms with Crippen LogP contribution in [0.2, 0.25) is 0 Å². The number of anilines is 1. The van der Waals surface area contributed by atoms with Crippen molar-refractivity contribution in [3.8, 4) is 0 Å². The van der Waals surface area contributed by atoms with Gasteiger partial charge in [-0.15, -0.1) is 0 Å². The van der Waals surface area contributed by atoms with E-state index in [9.17, 15) is 9.18 Å². The van der Waals surface area contributed by atoms with Crippen LogP contribution in [0.1, 0.15) is 11.1 Å². The van der Waals surface area contributed by atoms with Crippen molar-refractivity contribution in [3.05, 3.63) is 52.0 Å². The molecule has 1 aromatic carbocycles. The number of aryl methyl sites for hydroxylation is 1. The van der Waals surface area contributed by atoms with E-state index in [4.69, 9.17) is 0 Å². The van der Waals surface area contributed by atoms with Crippen molar-refractivity contribution in [1.82, 2.24) is 4.90 Å². The fraction of sp³-hybridized carbons (Fsp3) is 0.267. The van der Waals surface area contributed by atoms with E-state index in [1.807, 2.05) is 30.3 Å². The summed E-state index contributed by atoms with van der Waals surface area (Å²) in [5.74, 6) is -0.492. The van der Waals surface area contributed by atoms with Crippen LogP contribution in [0.3, 0.4) is 0 Å². The lowest BCUT2D eigenvalue weighted by molar-refractivity contribution is -0.117. The van der Waals surface area contributed by atoms with Gasteiger partial charge in [0.25, 0.3) is 0 Å². The number of likely N-dealkylation sites (N-methyl/N-ethyl adjacent to an activating group) is 1. The van der Waals surface area contributed by atoms with Gasteiger partial charge in [0.1, 0.15) is 5.82 Å². The van der Waals surface area contributed by atoms with Crippen LogP contribution < -0.4 is 5.32 Å². The first-order valence-electron chi connectivity index (χ1n) is 6.30. The molecule has 1 amide bonds. The number of hydrogen-bond acceptors (Lipinski definition) is 3. The molecule has 5 heteroatoms. The fourth-order valence-electron chi connectivity index (χ4n) is 1.91. The first-order valence-corrected chi connectivity index (χ1v) is 7.24. The summed E-state index contributed by atoms with van der Waals surface area (Å²) >= 11 is 1.64. The molecule has 0 fully saturated rings. The molecule has 0 bridgehead atoms. The summed E-state index contributed by atoms with van der Waals surface area (Å²) in [6.45, 7) is 2.83. The Morgan fingerprint density at radius 3 is 2.90 bits per heavy atom. The highest BCUT2D eigenvalue weighted by Gasteiger charge is 2.09. The van der Waals surface area contributed by atoms with Crippen molar-refractivity contribution in [2.75, 3.05) is 18.9 Å². The Balaban J connectivity index is 1.90. The number of halogens is 1. The van der Waals surface area contributed by atoms with Gasteiger partial charge in [-0.05, 0) is 54.1 Å². The van der Waals surface area contributed by atoms with Crippen LogP contribution >= 0.6 is 11.3 Å². The largest absolute Gasteiger partial charge is 0.325 e. The van der Waals surface area contributed by atoms with Gasteiger partial charge in [-0.25, -0.2) is 4.39 Å². The summed E-state index contributed by atoms with van der Waals surface area (Å²) in [6.07, 6.45) is 0. The summed E-state index contributed by atoms with van der Waals surface area (Å²) < 4.78 is 13.2. The highest BCUT2D eigenvalue weighted by Crippen LogP contribution is 2.16. The zero-order valence-electron chi connectivity index (χ0n) is 11.5. The predicted octanol–water partition coefficient (Wildman–Crippen LogP) is 3.27. The number of nitrogens with one attached hydrogen (secondary N) is 1. The molecule has 3 nitrogen and oxygen atoms in total. The van der Waals surface area contributed by atoms with Crippen molar-refractivity contribution >= 4 is 22.9 Å². The zero-order chi connectivity index (χ0) is 14.5. The second kappa shape index (κ2) is 6.63. The molecular formula is C15H17FN2OS. The van der Waals surface area contributed by atoms with Crippen LogP contribution in [0.5, 0.6) is 0 Å². The van der Waals surface area contributed by atoms with E-state index in [-0.39, 0.29) is 18.3 Å². The second-order valence-corrected chi connectivity index (χ2v) is 5.59.